The SMILES string of the molecule is OC1OC(O)C(O)C(OCc2ccccc2)C1O. The minimum Gasteiger partial charge on any atom is -0.385 e. The van der Waals surface area contributed by atoms with Gasteiger partial charge in [-0.05, 0) is 5.56 Å². The summed E-state index contributed by atoms with van der Waals surface area (Å²) in [5, 5.41) is 37.9. The van der Waals surface area contributed by atoms with Gasteiger partial charge in [0.25, 0.3) is 0 Å². The Bertz CT molecular complexity index is 356. The smallest absolute Gasteiger partial charge is 0.186 e. The fraction of sp³-hybridized carbons (Fsp3) is 0.500. The third kappa shape index (κ3) is 2.86. The lowest BCUT2D eigenvalue weighted by molar-refractivity contribution is -0.336. The van der Waals surface area contributed by atoms with E-state index in [1.165, 1.54) is 0 Å². The van der Waals surface area contributed by atoms with Crippen molar-refractivity contribution in [3.05, 3.63) is 35.9 Å². The van der Waals surface area contributed by atoms with Gasteiger partial charge in [-0.15, -0.1) is 0 Å². The molecule has 0 amide bonds. The summed E-state index contributed by atoms with van der Waals surface area (Å²) in [5.74, 6) is 0. The van der Waals surface area contributed by atoms with E-state index in [0.29, 0.717) is 0 Å². The summed E-state index contributed by atoms with van der Waals surface area (Å²) in [7, 11) is 0. The number of hydrogen-bond acceptors (Lipinski definition) is 6. The Kier molecular flexibility index (Phi) is 4.28. The minimum atomic E-state index is -1.58. The molecule has 1 aromatic rings. The number of aliphatic hydroxyl groups excluding tert-OH is 4. The van der Waals surface area contributed by atoms with E-state index in [2.05, 4.69) is 4.74 Å². The van der Waals surface area contributed by atoms with E-state index in [-0.39, 0.29) is 6.61 Å². The van der Waals surface area contributed by atoms with Crippen LogP contribution in [0.15, 0.2) is 30.3 Å². The third-order valence-electron chi connectivity index (χ3n) is 2.82. The van der Waals surface area contributed by atoms with Crippen LogP contribution in [0.2, 0.25) is 0 Å². The van der Waals surface area contributed by atoms with Crippen LogP contribution in [-0.4, -0.2) is 51.3 Å². The first-order valence-corrected chi connectivity index (χ1v) is 5.63. The summed E-state index contributed by atoms with van der Waals surface area (Å²) < 4.78 is 9.86. The normalized spacial score (nSPS) is 36.6. The molecule has 4 unspecified atom stereocenters. The molecule has 1 saturated heterocycles. The van der Waals surface area contributed by atoms with Gasteiger partial charge in [-0.25, -0.2) is 0 Å². The van der Waals surface area contributed by atoms with Crippen molar-refractivity contribution in [1.82, 2.24) is 0 Å². The Morgan fingerprint density at radius 3 is 2.06 bits per heavy atom. The average Bonchev–Trinajstić information content (AvgIpc) is 2.38. The van der Waals surface area contributed by atoms with Crippen LogP contribution in [0.1, 0.15) is 5.56 Å². The second-order valence-corrected chi connectivity index (χ2v) is 4.16. The molecule has 18 heavy (non-hydrogen) atoms. The van der Waals surface area contributed by atoms with Gasteiger partial charge in [0.2, 0.25) is 0 Å². The van der Waals surface area contributed by atoms with Gasteiger partial charge >= 0.3 is 0 Å². The van der Waals surface area contributed by atoms with Gasteiger partial charge in [0.05, 0.1) is 6.61 Å². The standard InChI is InChI=1S/C12H16O6/c13-8-10(9(14)12(16)18-11(8)15)17-6-7-4-2-1-3-5-7/h1-5,8-16H,6H2. The number of rotatable bonds is 3. The topological polar surface area (TPSA) is 99.4 Å². The van der Waals surface area contributed by atoms with Crippen molar-refractivity contribution in [3.63, 3.8) is 0 Å². The molecule has 4 atom stereocenters. The molecule has 100 valence electrons. The quantitative estimate of drug-likeness (QED) is 0.551. The van der Waals surface area contributed by atoms with Crippen LogP contribution < -0.4 is 0 Å². The van der Waals surface area contributed by atoms with Crippen molar-refractivity contribution in [2.24, 2.45) is 0 Å². The van der Waals surface area contributed by atoms with Crippen molar-refractivity contribution in [2.45, 2.75) is 37.5 Å². The summed E-state index contributed by atoms with van der Waals surface area (Å²) in [6.07, 6.45) is -7.09. The molecule has 4 N–H and O–H groups in total. The highest BCUT2D eigenvalue weighted by molar-refractivity contribution is 5.13. The molecule has 1 heterocycles. The van der Waals surface area contributed by atoms with Crippen LogP contribution in [0.3, 0.4) is 0 Å². The Labute approximate surface area is 104 Å². The van der Waals surface area contributed by atoms with Gasteiger partial charge in [0.15, 0.2) is 12.6 Å². The predicted molar refractivity (Wildman–Crippen MR) is 60.1 cm³/mol. The minimum absolute atomic E-state index is 0.152. The molecule has 0 spiro atoms. The summed E-state index contributed by atoms with van der Waals surface area (Å²) in [6.45, 7) is 0.152. The number of benzene rings is 1. The van der Waals surface area contributed by atoms with Crippen molar-refractivity contribution >= 4 is 0 Å². The molecule has 0 radical (unpaired) electrons. The van der Waals surface area contributed by atoms with Gasteiger partial charge in [-0.2, -0.15) is 0 Å². The molecule has 6 heteroatoms. The molecule has 0 saturated carbocycles. The molecule has 0 aliphatic carbocycles. The van der Waals surface area contributed by atoms with Crippen molar-refractivity contribution in [1.29, 1.82) is 0 Å². The second kappa shape index (κ2) is 5.75. The average molecular weight is 256 g/mol. The molecule has 6 nitrogen and oxygen atoms in total. The van der Waals surface area contributed by atoms with Gasteiger partial charge in [-0.1, -0.05) is 30.3 Å². The number of ether oxygens (including phenoxy) is 2. The summed E-state index contributed by atoms with van der Waals surface area (Å²) in [4.78, 5) is 0. The van der Waals surface area contributed by atoms with Crippen LogP contribution in [0, 0.1) is 0 Å². The van der Waals surface area contributed by atoms with Crippen LogP contribution in [0.25, 0.3) is 0 Å². The van der Waals surface area contributed by atoms with E-state index >= 15 is 0 Å². The molecule has 1 fully saturated rings. The van der Waals surface area contributed by atoms with Crippen molar-refractivity contribution < 1.29 is 29.9 Å². The number of aliphatic hydroxyl groups is 4. The molecule has 1 aliphatic heterocycles. The molecule has 0 aromatic heterocycles. The third-order valence-corrected chi connectivity index (χ3v) is 2.82. The lowest BCUT2D eigenvalue weighted by atomic mass is 10.0. The monoisotopic (exact) mass is 256 g/mol. The first kappa shape index (κ1) is 13.4. The Hall–Kier alpha value is -1.02. The maximum Gasteiger partial charge on any atom is 0.186 e. The molecule has 1 aliphatic rings. The highest BCUT2D eigenvalue weighted by Gasteiger charge is 2.44. The molecular formula is C12H16O6. The van der Waals surface area contributed by atoms with E-state index in [0.717, 1.165) is 5.56 Å². The highest BCUT2D eigenvalue weighted by Crippen LogP contribution is 2.22. The van der Waals surface area contributed by atoms with Gasteiger partial charge in [0, 0.05) is 0 Å². The Morgan fingerprint density at radius 2 is 1.50 bits per heavy atom. The van der Waals surface area contributed by atoms with Gasteiger partial charge < -0.3 is 29.9 Å². The fourth-order valence-corrected chi connectivity index (χ4v) is 1.79. The van der Waals surface area contributed by atoms with E-state index in [1.54, 1.807) is 0 Å². The first-order chi connectivity index (χ1) is 8.59. The predicted octanol–water partition coefficient (Wildman–Crippen LogP) is -1.04. The van der Waals surface area contributed by atoms with E-state index in [9.17, 15) is 20.4 Å². The molecular weight excluding hydrogens is 240 g/mol. The maximum absolute atomic E-state index is 9.63. The zero-order chi connectivity index (χ0) is 13.1. The van der Waals surface area contributed by atoms with Crippen LogP contribution in [0.5, 0.6) is 0 Å². The lowest BCUT2D eigenvalue weighted by Crippen LogP contribution is -2.58. The van der Waals surface area contributed by atoms with Gasteiger partial charge in [-0.3, -0.25) is 0 Å². The second-order valence-electron chi connectivity index (χ2n) is 4.16. The fourth-order valence-electron chi connectivity index (χ4n) is 1.79. The molecule has 0 bridgehead atoms. The largest absolute Gasteiger partial charge is 0.385 e. The van der Waals surface area contributed by atoms with E-state index in [1.807, 2.05) is 30.3 Å². The first-order valence-electron chi connectivity index (χ1n) is 5.63. The molecule has 2 rings (SSSR count). The van der Waals surface area contributed by atoms with Crippen LogP contribution in [-0.2, 0) is 16.1 Å². The summed E-state index contributed by atoms with van der Waals surface area (Å²) in [6, 6.07) is 9.17. The summed E-state index contributed by atoms with van der Waals surface area (Å²) in [5.41, 5.74) is 0.854. The van der Waals surface area contributed by atoms with Gasteiger partial charge in [0.1, 0.15) is 18.3 Å². The van der Waals surface area contributed by atoms with Crippen LogP contribution in [0.4, 0.5) is 0 Å². The number of hydrogen-bond donors (Lipinski definition) is 4. The van der Waals surface area contributed by atoms with E-state index < -0.39 is 30.9 Å². The Morgan fingerprint density at radius 1 is 0.944 bits per heavy atom. The maximum atomic E-state index is 9.63. The van der Waals surface area contributed by atoms with E-state index in [4.69, 9.17) is 4.74 Å². The zero-order valence-corrected chi connectivity index (χ0v) is 9.59. The molecule has 1 aromatic carbocycles. The van der Waals surface area contributed by atoms with Crippen molar-refractivity contribution in [2.75, 3.05) is 0 Å². The zero-order valence-electron chi connectivity index (χ0n) is 9.59. The van der Waals surface area contributed by atoms with Crippen LogP contribution >= 0.6 is 0 Å². The highest BCUT2D eigenvalue weighted by atomic mass is 16.7. The summed E-state index contributed by atoms with van der Waals surface area (Å²) >= 11 is 0. The lowest BCUT2D eigenvalue weighted by Gasteiger charge is -2.38. The Balaban J connectivity index is 1.98. The van der Waals surface area contributed by atoms with Crippen molar-refractivity contribution in [3.8, 4) is 0 Å².